The SMILES string of the molecule is NNC(CCCCl)C1=CCCCO1. The summed E-state index contributed by atoms with van der Waals surface area (Å²) in [6, 6.07) is 0.138. The lowest BCUT2D eigenvalue weighted by Gasteiger charge is -2.22. The van der Waals surface area contributed by atoms with E-state index in [2.05, 4.69) is 11.5 Å². The second-order valence-corrected chi connectivity index (χ2v) is 3.53. The Hall–Kier alpha value is -0.250. The molecule has 1 aliphatic heterocycles. The van der Waals surface area contributed by atoms with Gasteiger partial charge >= 0.3 is 0 Å². The number of hydrogen-bond acceptors (Lipinski definition) is 3. The van der Waals surface area contributed by atoms with E-state index < -0.39 is 0 Å². The van der Waals surface area contributed by atoms with Gasteiger partial charge in [0.05, 0.1) is 12.6 Å². The summed E-state index contributed by atoms with van der Waals surface area (Å²) in [6.07, 6.45) is 6.20. The highest BCUT2D eigenvalue weighted by molar-refractivity contribution is 6.17. The number of allylic oxidation sites excluding steroid dienone is 1. The highest BCUT2D eigenvalue weighted by Gasteiger charge is 2.15. The molecule has 3 N–H and O–H groups in total. The Balaban J connectivity index is 2.39. The normalized spacial score (nSPS) is 19.1. The molecule has 76 valence electrons. The molecule has 0 radical (unpaired) electrons. The van der Waals surface area contributed by atoms with Gasteiger partial charge in [-0.1, -0.05) is 0 Å². The van der Waals surface area contributed by atoms with Gasteiger partial charge in [0.2, 0.25) is 0 Å². The van der Waals surface area contributed by atoms with Crippen molar-refractivity contribution in [1.29, 1.82) is 0 Å². The molecule has 0 aromatic heterocycles. The van der Waals surface area contributed by atoms with Crippen LogP contribution in [0, 0.1) is 0 Å². The molecule has 3 nitrogen and oxygen atoms in total. The largest absolute Gasteiger partial charge is 0.497 e. The minimum Gasteiger partial charge on any atom is -0.497 e. The molecule has 1 aliphatic rings. The summed E-state index contributed by atoms with van der Waals surface area (Å²) < 4.78 is 5.50. The van der Waals surface area contributed by atoms with Crippen LogP contribution in [-0.2, 0) is 4.74 Å². The van der Waals surface area contributed by atoms with E-state index in [0.29, 0.717) is 5.88 Å². The van der Waals surface area contributed by atoms with E-state index in [-0.39, 0.29) is 6.04 Å². The lowest BCUT2D eigenvalue weighted by atomic mass is 10.1. The van der Waals surface area contributed by atoms with Crippen LogP contribution in [0.15, 0.2) is 11.8 Å². The molecule has 1 unspecified atom stereocenters. The molecule has 0 amide bonds. The highest BCUT2D eigenvalue weighted by atomic mass is 35.5. The van der Waals surface area contributed by atoms with Gasteiger partial charge in [-0.15, -0.1) is 11.6 Å². The van der Waals surface area contributed by atoms with E-state index in [1.165, 1.54) is 0 Å². The standard InChI is InChI=1S/C9H17ClN2O/c10-6-3-4-8(12-11)9-5-1-2-7-13-9/h5,8,12H,1-4,6-7,11H2. The fourth-order valence-corrected chi connectivity index (χ4v) is 1.56. The molecule has 4 heteroatoms. The smallest absolute Gasteiger partial charge is 0.110 e. The van der Waals surface area contributed by atoms with Crippen molar-refractivity contribution in [3.8, 4) is 0 Å². The number of nitrogens with one attached hydrogen (secondary N) is 1. The summed E-state index contributed by atoms with van der Waals surface area (Å²) in [7, 11) is 0. The average molecular weight is 205 g/mol. The maximum Gasteiger partial charge on any atom is 0.110 e. The summed E-state index contributed by atoms with van der Waals surface area (Å²) in [6.45, 7) is 0.810. The van der Waals surface area contributed by atoms with Crippen molar-refractivity contribution < 1.29 is 4.74 Å². The molecule has 13 heavy (non-hydrogen) atoms. The van der Waals surface area contributed by atoms with E-state index >= 15 is 0 Å². The van der Waals surface area contributed by atoms with E-state index in [9.17, 15) is 0 Å². The van der Waals surface area contributed by atoms with E-state index in [0.717, 1.165) is 38.0 Å². The van der Waals surface area contributed by atoms with E-state index in [1.54, 1.807) is 0 Å². The van der Waals surface area contributed by atoms with Crippen molar-refractivity contribution >= 4 is 11.6 Å². The van der Waals surface area contributed by atoms with Crippen LogP contribution in [0.2, 0.25) is 0 Å². The van der Waals surface area contributed by atoms with Crippen LogP contribution in [0.4, 0.5) is 0 Å². The third-order valence-electron chi connectivity index (χ3n) is 2.13. The quantitative estimate of drug-likeness (QED) is 0.406. The lowest BCUT2D eigenvalue weighted by molar-refractivity contribution is 0.165. The Bertz CT molecular complexity index is 173. The molecule has 0 spiro atoms. The van der Waals surface area contributed by atoms with E-state index in [1.807, 2.05) is 0 Å². The predicted octanol–water partition coefficient (Wildman–Crippen LogP) is 1.53. The van der Waals surface area contributed by atoms with Gasteiger partial charge in [0.25, 0.3) is 0 Å². The van der Waals surface area contributed by atoms with Crippen molar-refractivity contribution in [1.82, 2.24) is 5.43 Å². The number of rotatable bonds is 5. The van der Waals surface area contributed by atoms with Gasteiger partial charge < -0.3 is 4.74 Å². The van der Waals surface area contributed by atoms with Crippen molar-refractivity contribution in [2.45, 2.75) is 31.7 Å². The number of hydrazine groups is 1. The van der Waals surface area contributed by atoms with Gasteiger partial charge in [-0.3, -0.25) is 5.84 Å². The number of nitrogens with two attached hydrogens (primary N) is 1. The van der Waals surface area contributed by atoms with Gasteiger partial charge in [-0.2, -0.15) is 0 Å². The zero-order valence-corrected chi connectivity index (χ0v) is 8.52. The number of hydrogen-bond donors (Lipinski definition) is 2. The first-order valence-corrected chi connectivity index (χ1v) is 5.27. The Kier molecular flexibility index (Phi) is 5.20. The molecular formula is C9H17ClN2O. The second-order valence-electron chi connectivity index (χ2n) is 3.15. The van der Waals surface area contributed by atoms with Crippen molar-refractivity contribution in [2.75, 3.05) is 12.5 Å². The van der Waals surface area contributed by atoms with E-state index in [4.69, 9.17) is 22.2 Å². The van der Waals surface area contributed by atoms with Crippen LogP contribution in [0.5, 0.6) is 0 Å². The highest BCUT2D eigenvalue weighted by Crippen LogP contribution is 2.16. The van der Waals surface area contributed by atoms with Gasteiger partial charge in [0.1, 0.15) is 5.76 Å². The van der Waals surface area contributed by atoms with Crippen molar-refractivity contribution in [3.05, 3.63) is 11.8 Å². The molecule has 0 aliphatic carbocycles. The fourth-order valence-electron chi connectivity index (χ4n) is 1.41. The third kappa shape index (κ3) is 3.55. The molecule has 0 fully saturated rings. The van der Waals surface area contributed by atoms with Gasteiger partial charge in [-0.05, 0) is 31.8 Å². The zero-order valence-electron chi connectivity index (χ0n) is 7.76. The Morgan fingerprint density at radius 3 is 3.08 bits per heavy atom. The summed E-state index contributed by atoms with van der Waals surface area (Å²) >= 11 is 5.61. The minimum atomic E-state index is 0.138. The summed E-state index contributed by atoms with van der Waals surface area (Å²) in [5.41, 5.74) is 2.75. The Labute approximate surface area is 84.2 Å². The molecule has 0 bridgehead atoms. The molecule has 1 heterocycles. The number of halogens is 1. The molecule has 0 saturated carbocycles. The molecular weight excluding hydrogens is 188 g/mol. The zero-order chi connectivity index (χ0) is 9.52. The minimum absolute atomic E-state index is 0.138. The fraction of sp³-hybridized carbons (Fsp3) is 0.778. The summed E-state index contributed by atoms with van der Waals surface area (Å²) in [5, 5.41) is 0. The average Bonchev–Trinajstić information content (AvgIpc) is 2.21. The summed E-state index contributed by atoms with van der Waals surface area (Å²) in [5.74, 6) is 7.09. The number of alkyl halides is 1. The maximum absolute atomic E-state index is 5.61. The van der Waals surface area contributed by atoms with Crippen molar-refractivity contribution in [2.24, 2.45) is 5.84 Å². The predicted molar refractivity (Wildman–Crippen MR) is 54.3 cm³/mol. The Morgan fingerprint density at radius 1 is 1.69 bits per heavy atom. The second kappa shape index (κ2) is 6.24. The first-order valence-electron chi connectivity index (χ1n) is 4.73. The molecule has 0 saturated heterocycles. The van der Waals surface area contributed by atoms with Crippen LogP contribution in [0.3, 0.4) is 0 Å². The molecule has 0 aromatic rings. The van der Waals surface area contributed by atoms with Crippen LogP contribution in [-0.4, -0.2) is 18.5 Å². The maximum atomic E-state index is 5.61. The topological polar surface area (TPSA) is 47.3 Å². The van der Waals surface area contributed by atoms with Crippen LogP contribution in [0.25, 0.3) is 0 Å². The van der Waals surface area contributed by atoms with Crippen LogP contribution < -0.4 is 11.3 Å². The lowest BCUT2D eigenvalue weighted by Crippen LogP contribution is -2.38. The number of ether oxygens (including phenoxy) is 1. The van der Waals surface area contributed by atoms with Crippen LogP contribution >= 0.6 is 11.6 Å². The monoisotopic (exact) mass is 204 g/mol. The first kappa shape index (κ1) is 10.8. The summed E-state index contributed by atoms with van der Waals surface area (Å²) in [4.78, 5) is 0. The van der Waals surface area contributed by atoms with Crippen molar-refractivity contribution in [3.63, 3.8) is 0 Å². The molecule has 1 atom stereocenters. The van der Waals surface area contributed by atoms with Gasteiger partial charge in [0, 0.05) is 5.88 Å². The molecule has 1 rings (SSSR count). The third-order valence-corrected chi connectivity index (χ3v) is 2.40. The molecule has 0 aromatic carbocycles. The van der Waals surface area contributed by atoms with Gasteiger partial charge in [-0.25, -0.2) is 5.43 Å². The van der Waals surface area contributed by atoms with Gasteiger partial charge in [0.15, 0.2) is 0 Å². The first-order chi connectivity index (χ1) is 6.38. The Morgan fingerprint density at radius 2 is 2.54 bits per heavy atom. The van der Waals surface area contributed by atoms with Crippen LogP contribution in [0.1, 0.15) is 25.7 Å².